The Bertz CT molecular complexity index is 585. The van der Waals surface area contributed by atoms with E-state index in [9.17, 15) is 0 Å². The molecule has 1 N–H and O–H groups in total. The Kier molecular flexibility index (Phi) is 3.83. The summed E-state index contributed by atoms with van der Waals surface area (Å²) in [6, 6.07) is 5.71. The molecule has 0 aliphatic carbocycles. The molecule has 1 aromatic carbocycles. The number of rotatable bonds is 3. The Morgan fingerprint density at radius 3 is 2.61 bits per heavy atom. The second kappa shape index (κ2) is 5.21. The number of hydrogen-bond donors (Lipinski definition) is 1. The van der Waals surface area contributed by atoms with Crippen LogP contribution in [0.25, 0.3) is 10.9 Å². The van der Waals surface area contributed by atoms with Gasteiger partial charge in [-0.25, -0.2) is 4.98 Å². The summed E-state index contributed by atoms with van der Waals surface area (Å²) >= 11 is 12.5. The standard InChI is InChI=1S/C13H14Cl2N2O/c1-7(2)16-11-6-9(14)8-4-5-10(18-3)12(15)13(8)17-11/h4-7H,1-3H3,(H,16,17). The number of fused-ring (bicyclic) bond motifs is 1. The Morgan fingerprint density at radius 1 is 1.28 bits per heavy atom. The monoisotopic (exact) mass is 284 g/mol. The highest BCUT2D eigenvalue weighted by Gasteiger charge is 2.11. The van der Waals surface area contributed by atoms with Crippen molar-refractivity contribution in [2.75, 3.05) is 12.4 Å². The number of ether oxygens (including phenoxy) is 1. The second-order valence-electron chi connectivity index (χ2n) is 4.27. The number of nitrogens with zero attached hydrogens (tertiary/aromatic N) is 1. The van der Waals surface area contributed by atoms with Gasteiger partial charge in [-0.15, -0.1) is 0 Å². The van der Waals surface area contributed by atoms with Gasteiger partial charge in [0.15, 0.2) is 0 Å². The molecule has 2 aromatic rings. The van der Waals surface area contributed by atoms with Crippen molar-refractivity contribution in [2.24, 2.45) is 0 Å². The lowest BCUT2D eigenvalue weighted by atomic mass is 10.2. The Balaban J connectivity index is 2.64. The van der Waals surface area contributed by atoms with E-state index in [4.69, 9.17) is 27.9 Å². The molecule has 96 valence electrons. The summed E-state index contributed by atoms with van der Waals surface area (Å²) in [5.41, 5.74) is 0.645. The number of anilines is 1. The van der Waals surface area contributed by atoms with Crippen LogP contribution in [0.5, 0.6) is 5.75 Å². The molecule has 0 bridgehead atoms. The van der Waals surface area contributed by atoms with Crippen molar-refractivity contribution >= 4 is 39.9 Å². The Hall–Kier alpha value is -1.19. The van der Waals surface area contributed by atoms with Crippen LogP contribution < -0.4 is 10.1 Å². The van der Waals surface area contributed by atoms with Crippen molar-refractivity contribution in [3.05, 3.63) is 28.2 Å². The predicted molar refractivity (Wildman–Crippen MR) is 77.1 cm³/mol. The first-order chi connectivity index (χ1) is 8.52. The highest BCUT2D eigenvalue weighted by Crippen LogP contribution is 2.35. The summed E-state index contributed by atoms with van der Waals surface area (Å²) in [4.78, 5) is 4.48. The number of pyridine rings is 1. The fourth-order valence-corrected chi connectivity index (χ4v) is 2.27. The van der Waals surface area contributed by atoms with Gasteiger partial charge in [-0.1, -0.05) is 23.2 Å². The molecule has 0 unspecified atom stereocenters. The molecule has 0 saturated carbocycles. The quantitative estimate of drug-likeness (QED) is 0.909. The molecule has 0 aliphatic rings. The molecular weight excluding hydrogens is 271 g/mol. The maximum absolute atomic E-state index is 6.25. The first-order valence-electron chi connectivity index (χ1n) is 5.62. The van der Waals surface area contributed by atoms with Gasteiger partial charge in [0.25, 0.3) is 0 Å². The van der Waals surface area contributed by atoms with Gasteiger partial charge in [0, 0.05) is 11.4 Å². The Morgan fingerprint density at radius 2 is 2.00 bits per heavy atom. The number of aromatic nitrogens is 1. The van der Waals surface area contributed by atoms with E-state index in [1.54, 1.807) is 19.2 Å². The lowest BCUT2D eigenvalue weighted by Crippen LogP contribution is -2.11. The van der Waals surface area contributed by atoms with Crippen LogP contribution in [-0.4, -0.2) is 18.1 Å². The summed E-state index contributed by atoms with van der Waals surface area (Å²) < 4.78 is 5.18. The molecule has 0 spiro atoms. The van der Waals surface area contributed by atoms with E-state index in [1.165, 1.54) is 0 Å². The van der Waals surface area contributed by atoms with Crippen molar-refractivity contribution in [3.8, 4) is 5.75 Å². The van der Waals surface area contributed by atoms with Crippen molar-refractivity contribution in [1.29, 1.82) is 0 Å². The highest BCUT2D eigenvalue weighted by atomic mass is 35.5. The van der Waals surface area contributed by atoms with Crippen molar-refractivity contribution in [1.82, 2.24) is 4.98 Å². The molecule has 1 heterocycles. The lowest BCUT2D eigenvalue weighted by Gasteiger charge is -2.12. The predicted octanol–water partition coefficient (Wildman–Crippen LogP) is 4.37. The van der Waals surface area contributed by atoms with E-state index in [2.05, 4.69) is 10.3 Å². The first kappa shape index (κ1) is 13.2. The van der Waals surface area contributed by atoms with Crippen molar-refractivity contribution < 1.29 is 4.74 Å². The molecule has 0 amide bonds. The fourth-order valence-electron chi connectivity index (χ4n) is 1.73. The van der Waals surface area contributed by atoms with Crippen LogP contribution in [0.4, 0.5) is 5.82 Å². The van der Waals surface area contributed by atoms with Gasteiger partial charge in [-0.05, 0) is 32.0 Å². The molecule has 18 heavy (non-hydrogen) atoms. The maximum Gasteiger partial charge on any atom is 0.139 e. The maximum atomic E-state index is 6.25. The first-order valence-corrected chi connectivity index (χ1v) is 6.37. The third-order valence-electron chi connectivity index (χ3n) is 2.49. The Labute approximate surface area is 116 Å². The second-order valence-corrected chi connectivity index (χ2v) is 5.05. The lowest BCUT2D eigenvalue weighted by molar-refractivity contribution is 0.415. The number of halogens is 2. The third-order valence-corrected chi connectivity index (χ3v) is 3.17. The molecule has 0 atom stereocenters. The van der Waals surface area contributed by atoms with Gasteiger partial charge in [0.2, 0.25) is 0 Å². The topological polar surface area (TPSA) is 34.1 Å². The largest absolute Gasteiger partial charge is 0.495 e. The molecule has 0 radical (unpaired) electrons. The van der Waals surface area contributed by atoms with E-state index in [-0.39, 0.29) is 6.04 Å². The van der Waals surface area contributed by atoms with E-state index < -0.39 is 0 Å². The van der Waals surface area contributed by atoms with Crippen LogP contribution in [-0.2, 0) is 0 Å². The average molecular weight is 285 g/mol. The minimum atomic E-state index is 0.274. The van der Waals surface area contributed by atoms with Gasteiger partial charge in [0.1, 0.15) is 16.6 Å². The van der Waals surface area contributed by atoms with E-state index in [0.717, 1.165) is 5.39 Å². The zero-order valence-electron chi connectivity index (χ0n) is 10.4. The van der Waals surface area contributed by atoms with Gasteiger partial charge in [-0.2, -0.15) is 0 Å². The summed E-state index contributed by atoms with van der Waals surface area (Å²) in [5.74, 6) is 1.30. The normalized spacial score (nSPS) is 11.0. The number of methoxy groups -OCH3 is 1. The van der Waals surface area contributed by atoms with E-state index in [1.807, 2.05) is 19.9 Å². The van der Waals surface area contributed by atoms with Crippen LogP contribution in [0.2, 0.25) is 10.0 Å². The molecule has 1 aromatic heterocycles. The molecular formula is C13H14Cl2N2O. The summed E-state index contributed by atoms with van der Waals surface area (Å²) in [6.45, 7) is 4.07. The van der Waals surface area contributed by atoms with Crippen molar-refractivity contribution in [3.63, 3.8) is 0 Å². The minimum absolute atomic E-state index is 0.274. The zero-order chi connectivity index (χ0) is 13.3. The minimum Gasteiger partial charge on any atom is -0.495 e. The van der Waals surface area contributed by atoms with Crippen LogP contribution in [0.1, 0.15) is 13.8 Å². The van der Waals surface area contributed by atoms with Crippen LogP contribution in [0.15, 0.2) is 18.2 Å². The average Bonchev–Trinajstić information content (AvgIpc) is 2.30. The smallest absolute Gasteiger partial charge is 0.139 e. The molecule has 5 heteroatoms. The van der Waals surface area contributed by atoms with Crippen LogP contribution in [0.3, 0.4) is 0 Å². The number of benzene rings is 1. The molecule has 2 rings (SSSR count). The van der Waals surface area contributed by atoms with Crippen molar-refractivity contribution in [2.45, 2.75) is 19.9 Å². The third kappa shape index (κ3) is 2.47. The molecule has 0 aliphatic heterocycles. The summed E-state index contributed by atoms with van der Waals surface area (Å²) in [7, 11) is 1.57. The molecule has 0 fully saturated rings. The fraction of sp³-hybridized carbons (Fsp3) is 0.308. The van der Waals surface area contributed by atoms with E-state index >= 15 is 0 Å². The SMILES string of the molecule is COc1ccc2c(Cl)cc(NC(C)C)nc2c1Cl. The van der Waals surface area contributed by atoms with Gasteiger partial charge < -0.3 is 10.1 Å². The van der Waals surface area contributed by atoms with E-state index in [0.29, 0.717) is 27.1 Å². The zero-order valence-corrected chi connectivity index (χ0v) is 11.9. The number of nitrogens with one attached hydrogen (secondary N) is 1. The van der Waals surface area contributed by atoms with Gasteiger partial charge in [0.05, 0.1) is 17.6 Å². The van der Waals surface area contributed by atoms with Crippen LogP contribution in [0, 0.1) is 0 Å². The number of hydrogen-bond acceptors (Lipinski definition) is 3. The summed E-state index contributed by atoms with van der Waals surface area (Å²) in [5, 5.41) is 5.12. The summed E-state index contributed by atoms with van der Waals surface area (Å²) in [6.07, 6.45) is 0. The van der Waals surface area contributed by atoms with Crippen LogP contribution >= 0.6 is 23.2 Å². The molecule has 3 nitrogen and oxygen atoms in total. The molecule has 0 saturated heterocycles. The van der Waals surface area contributed by atoms with Gasteiger partial charge >= 0.3 is 0 Å². The highest BCUT2D eigenvalue weighted by molar-refractivity contribution is 6.40. The van der Waals surface area contributed by atoms with Gasteiger partial charge in [-0.3, -0.25) is 0 Å².